The number of carbonyl (C=O) groups excluding carboxylic acids is 2. The number of ether oxygens (including phenoxy) is 2. The molecule has 2 aromatic carbocycles. The fraction of sp³-hybridized carbons (Fsp3) is 0.391. The minimum atomic E-state index is -0.518. The fourth-order valence-corrected chi connectivity index (χ4v) is 8.76. The predicted molar refractivity (Wildman–Crippen MR) is 227 cm³/mol. The first kappa shape index (κ1) is 42.2. The molecule has 8 rings (SSSR count). The van der Waals surface area contributed by atoms with Gasteiger partial charge in [0.15, 0.2) is 0 Å². The second-order valence-corrected chi connectivity index (χ2v) is 16.1. The van der Waals surface area contributed by atoms with E-state index in [9.17, 15) is 24.0 Å². The number of aromatic nitrogens is 4. The van der Waals surface area contributed by atoms with Crippen LogP contribution in [0.3, 0.4) is 0 Å². The summed E-state index contributed by atoms with van der Waals surface area (Å²) >= 11 is 6.21. The van der Waals surface area contributed by atoms with E-state index in [1.165, 1.54) is 25.3 Å². The van der Waals surface area contributed by atoms with Crippen molar-refractivity contribution in [2.24, 2.45) is 11.8 Å². The van der Waals surface area contributed by atoms with E-state index >= 15 is 0 Å². The van der Waals surface area contributed by atoms with Gasteiger partial charge in [-0.1, -0.05) is 60.1 Å². The molecule has 0 amide bonds. The molecule has 0 bridgehead atoms. The molecule has 0 atom stereocenters. The van der Waals surface area contributed by atoms with Crippen molar-refractivity contribution in [2.75, 3.05) is 14.2 Å². The first-order valence-electron chi connectivity index (χ1n) is 20.3. The minimum Gasteiger partial charge on any atom is -0.469 e. The molecule has 2 aliphatic carbocycles. The number of hydrogen-bond donors (Lipinski definition) is 1. The number of fused-ring (bicyclic) bond motifs is 2. The molecule has 1 N–H and O–H groups in total. The van der Waals surface area contributed by atoms with Gasteiger partial charge < -0.3 is 23.3 Å². The molecule has 4 aromatic heterocycles. The van der Waals surface area contributed by atoms with Crippen molar-refractivity contribution in [3.8, 4) is 22.3 Å². The number of carbonyl (C=O) groups is 2. The van der Waals surface area contributed by atoms with E-state index in [4.69, 9.17) is 29.9 Å². The van der Waals surface area contributed by atoms with Crippen LogP contribution >= 0.6 is 11.6 Å². The zero-order valence-electron chi connectivity index (χ0n) is 34.0. The van der Waals surface area contributed by atoms with Crippen molar-refractivity contribution < 1.29 is 27.9 Å². The maximum Gasteiger partial charge on any atom is 0.345 e. The Bertz CT molecular complexity index is 2690. The Morgan fingerprint density at radius 2 is 1.08 bits per heavy atom. The number of benzene rings is 2. The molecular formula is C46H47ClN4O9. The van der Waals surface area contributed by atoms with Gasteiger partial charge in [0.25, 0.3) is 5.56 Å². The van der Waals surface area contributed by atoms with Crippen LogP contribution in [0.25, 0.3) is 44.5 Å². The predicted octanol–water partition coefficient (Wildman–Crippen LogP) is 8.74. The standard InChI is InChI=1S/C23H23ClN2O4.C23H24N2O5/c1-13-25-21(24)19-12-18(23(28)30-22(19)26-13)17-9-7-16(8-10-17)15-5-3-14(4-6-15)11-20(27)29-2;1-13-24-21(27)19-12-18(23(28)30-22(19)25-13)17-9-7-16(8-10-17)15-5-3-14(4-6-15)11-20(26)29-2/h7-10,12,14-15H,3-6,11H2,1-2H3;7-10,12,14-15H,3-6,11H2,1-2H3,(H,24,25,27). The third kappa shape index (κ3) is 9.73. The fourth-order valence-electron chi connectivity index (χ4n) is 8.50. The summed E-state index contributed by atoms with van der Waals surface area (Å²) in [5.74, 6) is 2.29. The SMILES string of the molecule is COC(=O)CC1CCC(c2ccc(-c3cc4c(=O)[nH]c(C)nc4oc3=O)cc2)CC1.COC(=O)CC1CCC(c2ccc(-c3cc4c(Cl)nc(C)nc4oc3=O)cc2)CC1. The van der Waals surface area contributed by atoms with Crippen LogP contribution in [-0.4, -0.2) is 46.1 Å². The van der Waals surface area contributed by atoms with Crippen molar-refractivity contribution in [1.29, 1.82) is 0 Å². The molecule has 14 heteroatoms. The number of esters is 2. The Hall–Kier alpha value is -5.95. The third-order valence-corrected chi connectivity index (χ3v) is 12.1. The van der Waals surface area contributed by atoms with Crippen LogP contribution < -0.4 is 16.8 Å². The van der Waals surface area contributed by atoms with Crippen LogP contribution in [0.2, 0.25) is 5.15 Å². The first-order chi connectivity index (χ1) is 28.9. The number of nitrogens with zero attached hydrogens (tertiary/aromatic N) is 3. The lowest BCUT2D eigenvalue weighted by Crippen LogP contribution is -2.17. The molecule has 13 nitrogen and oxygen atoms in total. The summed E-state index contributed by atoms with van der Waals surface area (Å²) in [4.78, 5) is 75.0. The summed E-state index contributed by atoms with van der Waals surface area (Å²) in [6.07, 6.45) is 9.20. The van der Waals surface area contributed by atoms with Gasteiger partial charge >= 0.3 is 23.2 Å². The molecule has 2 saturated carbocycles. The van der Waals surface area contributed by atoms with Gasteiger partial charge in [0.1, 0.15) is 22.2 Å². The van der Waals surface area contributed by atoms with Crippen LogP contribution in [0.5, 0.6) is 0 Å². The number of halogens is 1. The molecule has 0 unspecified atom stereocenters. The summed E-state index contributed by atoms with van der Waals surface area (Å²) in [6, 6.07) is 19.1. The van der Waals surface area contributed by atoms with Gasteiger partial charge in [0, 0.05) is 12.8 Å². The lowest BCUT2D eigenvalue weighted by Gasteiger charge is -2.28. The van der Waals surface area contributed by atoms with Gasteiger partial charge in [-0.15, -0.1) is 0 Å². The number of rotatable bonds is 8. The maximum atomic E-state index is 12.5. The Morgan fingerprint density at radius 1 is 0.650 bits per heavy atom. The summed E-state index contributed by atoms with van der Waals surface area (Å²) in [6.45, 7) is 3.33. The van der Waals surface area contributed by atoms with E-state index in [-0.39, 0.29) is 39.5 Å². The summed E-state index contributed by atoms with van der Waals surface area (Å²) < 4.78 is 20.2. The molecule has 0 spiro atoms. The van der Waals surface area contributed by atoms with Crippen LogP contribution in [0.1, 0.15) is 98.8 Å². The van der Waals surface area contributed by atoms with Gasteiger partial charge in [-0.05, 0) is 123 Å². The summed E-state index contributed by atoms with van der Waals surface area (Å²) in [7, 11) is 2.87. The van der Waals surface area contributed by atoms with E-state index in [2.05, 4.69) is 32.1 Å². The number of hydrogen-bond acceptors (Lipinski definition) is 12. The van der Waals surface area contributed by atoms with Gasteiger partial charge in [-0.3, -0.25) is 14.4 Å². The summed E-state index contributed by atoms with van der Waals surface area (Å²) in [5, 5.41) is 1.04. The lowest BCUT2D eigenvalue weighted by atomic mass is 9.77. The molecular weight excluding hydrogens is 788 g/mol. The second kappa shape index (κ2) is 18.5. The van der Waals surface area contributed by atoms with Crippen molar-refractivity contribution >= 4 is 45.7 Å². The Morgan fingerprint density at radius 3 is 1.53 bits per heavy atom. The molecule has 2 fully saturated rings. The van der Waals surface area contributed by atoms with E-state index in [0.29, 0.717) is 70.2 Å². The minimum absolute atomic E-state index is 0.0466. The van der Waals surface area contributed by atoms with E-state index in [0.717, 1.165) is 56.9 Å². The lowest BCUT2D eigenvalue weighted by molar-refractivity contribution is -0.142. The first-order valence-corrected chi connectivity index (χ1v) is 20.6. The average molecular weight is 835 g/mol. The van der Waals surface area contributed by atoms with Gasteiger partial charge in [0.2, 0.25) is 11.4 Å². The zero-order valence-corrected chi connectivity index (χ0v) is 34.8. The van der Waals surface area contributed by atoms with Crippen LogP contribution in [0.15, 0.2) is 83.9 Å². The molecule has 6 aromatic rings. The van der Waals surface area contributed by atoms with Gasteiger partial charge in [-0.25, -0.2) is 14.6 Å². The maximum absolute atomic E-state index is 12.5. The van der Waals surface area contributed by atoms with Crippen LogP contribution in [0, 0.1) is 25.7 Å². The number of methoxy groups -OCH3 is 2. The largest absolute Gasteiger partial charge is 0.469 e. The van der Waals surface area contributed by atoms with Crippen LogP contribution in [0.4, 0.5) is 0 Å². The number of aromatic amines is 1. The van der Waals surface area contributed by atoms with Crippen molar-refractivity contribution in [2.45, 2.75) is 89.9 Å². The number of H-pyrrole nitrogens is 1. The Labute approximate surface area is 350 Å². The molecule has 60 heavy (non-hydrogen) atoms. The van der Waals surface area contributed by atoms with E-state index < -0.39 is 11.3 Å². The highest BCUT2D eigenvalue weighted by Gasteiger charge is 2.26. The number of nitrogens with one attached hydrogen (secondary N) is 1. The Balaban J connectivity index is 0.000000181. The second-order valence-electron chi connectivity index (χ2n) is 15.8. The van der Waals surface area contributed by atoms with Crippen molar-refractivity contribution in [3.63, 3.8) is 0 Å². The highest BCUT2D eigenvalue weighted by molar-refractivity contribution is 6.33. The highest BCUT2D eigenvalue weighted by Crippen LogP contribution is 2.39. The smallest absolute Gasteiger partial charge is 0.345 e. The van der Waals surface area contributed by atoms with E-state index in [1.807, 2.05) is 36.4 Å². The molecule has 0 aliphatic heterocycles. The zero-order chi connectivity index (χ0) is 42.5. The van der Waals surface area contributed by atoms with Gasteiger partial charge in [-0.2, -0.15) is 9.97 Å². The summed E-state index contributed by atoms with van der Waals surface area (Å²) in [5.41, 5.74) is 3.66. The Kier molecular flexibility index (Phi) is 13.0. The van der Waals surface area contributed by atoms with Crippen molar-refractivity contribution in [3.05, 3.63) is 120 Å². The quantitative estimate of drug-likeness (QED) is 0.114. The van der Waals surface area contributed by atoms with Crippen molar-refractivity contribution in [1.82, 2.24) is 19.9 Å². The normalized spacial score (nSPS) is 19.0. The third-order valence-electron chi connectivity index (χ3n) is 11.9. The topological polar surface area (TPSA) is 185 Å². The molecule has 4 heterocycles. The number of aryl methyl sites for hydroxylation is 2. The molecule has 312 valence electrons. The van der Waals surface area contributed by atoms with Gasteiger partial charge in [0.05, 0.1) is 30.7 Å². The molecule has 0 saturated heterocycles. The molecule has 0 radical (unpaired) electrons. The average Bonchev–Trinajstić information content (AvgIpc) is 3.24. The highest BCUT2D eigenvalue weighted by atomic mass is 35.5. The van der Waals surface area contributed by atoms with Crippen LogP contribution in [-0.2, 0) is 19.1 Å². The van der Waals surface area contributed by atoms with E-state index in [1.54, 1.807) is 26.0 Å². The molecule has 2 aliphatic rings. The monoisotopic (exact) mass is 834 g/mol.